The number of alkyl halides is 1. The molecule has 1 aliphatic heterocycles. The Kier molecular flexibility index (Phi) is 8.58. The second-order valence-corrected chi connectivity index (χ2v) is 12.1. The van der Waals surface area contributed by atoms with Gasteiger partial charge in [0.15, 0.2) is 5.82 Å². The van der Waals surface area contributed by atoms with Gasteiger partial charge in [-0.25, -0.2) is 0 Å². The first kappa shape index (κ1) is 28.2. The van der Waals surface area contributed by atoms with E-state index in [-0.39, 0.29) is 17.7 Å². The smallest absolute Gasteiger partial charge is 0.323 e. The van der Waals surface area contributed by atoms with Gasteiger partial charge in [0.25, 0.3) is 0 Å². The minimum atomic E-state index is -0.280. The van der Waals surface area contributed by atoms with Gasteiger partial charge >= 0.3 is 4.87 Å². The topological polar surface area (TPSA) is 58.2 Å². The van der Waals surface area contributed by atoms with Crippen molar-refractivity contribution in [3.63, 3.8) is 0 Å². The first-order valence-corrected chi connectivity index (χ1v) is 15.4. The van der Waals surface area contributed by atoms with Crippen LogP contribution in [0.1, 0.15) is 47.9 Å². The van der Waals surface area contributed by atoms with Crippen LogP contribution in [0, 0.1) is 0 Å². The molecule has 1 aliphatic carbocycles. The highest BCUT2D eigenvalue weighted by atomic mass is 35.5. The zero-order valence-corrected chi connectivity index (χ0v) is 24.8. The van der Waals surface area contributed by atoms with E-state index in [9.17, 15) is 9.18 Å². The zero-order valence-electron chi connectivity index (χ0n) is 22.5. The summed E-state index contributed by atoms with van der Waals surface area (Å²) in [4.78, 5) is 16.7. The first-order valence-electron chi connectivity index (χ1n) is 13.9. The Hall–Kier alpha value is -2.97. The molecule has 1 fully saturated rings. The highest BCUT2D eigenvalue weighted by molar-refractivity contribution is 7.03. The van der Waals surface area contributed by atoms with Crippen molar-refractivity contribution in [2.45, 2.75) is 38.2 Å². The Morgan fingerprint density at radius 2 is 1.83 bits per heavy atom. The number of H-pyrrole nitrogens is 1. The number of halogens is 3. The van der Waals surface area contributed by atoms with Crippen LogP contribution in [0.2, 0.25) is 10.0 Å². The molecule has 212 valence electrons. The SMILES string of the molecule is O=c1[nH]c(-c2ccc3c(c2)CCCC(c2ccc(Cl)cc2Cl)=C3c2ccc(O[C@H]3CCN(CCCF)C3)cc2)ns1. The van der Waals surface area contributed by atoms with E-state index in [0.29, 0.717) is 22.3 Å². The summed E-state index contributed by atoms with van der Waals surface area (Å²) >= 11 is 13.9. The molecule has 1 saturated heterocycles. The molecule has 2 heterocycles. The molecule has 0 bridgehead atoms. The van der Waals surface area contributed by atoms with Gasteiger partial charge in [-0.2, -0.15) is 4.37 Å². The van der Waals surface area contributed by atoms with E-state index in [0.717, 1.165) is 90.4 Å². The van der Waals surface area contributed by atoms with Crippen molar-refractivity contribution in [1.29, 1.82) is 0 Å². The number of allylic oxidation sites excluding steroid dienone is 1. The van der Waals surface area contributed by atoms with Gasteiger partial charge in [0.05, 0.1) is 6.67 Å². The molecule has 3 aromatic carbocycles. The number of hydrogen-bond acceptors (Lipinski definition) is 5. The Morgan fingerprint density at radius 3 is 2.59 bits per heavy atom. The first-order chi connectivity index (χ1) is 20.0. The van der Waals surface area contributed by atoms with Crippen LogP contribution in [0.3, 0.4) is 0 Å². The molecule has 1 atom stereocenters. The summed E-state index contributed by atoms with van der Waals surface area (Å²) in [6.07, 6.45) is 4.31. The number of likely N-dealkylation sites (tertiary alicyclic amines) is 1. The molecule has 0 saturated carbocycles. The monoisotopic (exact) mass is 609 g/mol. The second kappa shape index (κ2) is 12.5. The van der Waals surface area contributed by atoms with Gasteiger partial charge < -0.3 is 4.74 Å². The van der Waals surface area contributed by atoms with E-state index in [1.54, 1.807) is 6.07 Å². The fraction of sp³-hybridized carbons (Fsp3) is 0.312. The van der Waals surface area contributed by atoms with Crippen LogP contribution in [0.5, 0.6) is 5.75 Å². The van der Waals surface area contributed by atoms with Crippen LogP contribution < -0.4 is 9.61 Å². The molecule has 41 heavy (non-hydrogen) atoms. The number of rotatable bonds is 8. The van der Waals surface area contributed by atoms with E-state index in [4.69, 9.17) is 27.9 Å². The summed E-state index contributed by atoms with van der Waals surface area (Å²) in [6, 6.07) is 20.3. The normalized spacial score (nSPS) is 17.5. The second-order valence-electron chi connectivity index (χ2n) is 10.5. The van der Waals surface area contributed by atoms with Gasteiger partial charge in [0.2, 0.25) is 0 Å². The van der Waals surface area contributed by atoms with Gasteiger partial charge in [-0.1, -0.05) is 53.5 Å². The lowest BCUT2D eigenvalue weighted by molar-refractivity contribution is 0.198. The number of ether oxygens (including phenoxy) is 1. The number of benzene rings is 3. The Balaban J connectivity index is 1.37. The van der Waals surface area contributed by atoms with Crippen molar-refractivity contribution in [2.75, 3.05) is 26.3 Å². The average Bonchev–Trinajstić information content (AvgIpc) is 3.56. The molecule has 6 rings (SSSR count). The maximum absolute atomic E-state index is 12.6. The lowest BCUT2D eigenvalue weighted by atomic mass is 9.87. The highest BCUT2D eigenvalue weighted by Crippen LogP contribution is 2.43. The highest BCUT2D eigenvalue weighted by Gasteiger charge is 2.25. The molecular weight excluding hydrogens is 580 g/mol. The summed E-state index contributed by atoms with van der Waals surface area (Å²) in [5, 5.41) is 1.23. The molecule has 2 aliphatic rings. The van der Waals surface area contributed by atoms with Crippen LogP contribution in [0.4, 0.5) is 4.39 Å². The third-order valence-electron chi connectivity index (χ3n) is 7.80. The van der Waals surface area contributed by atoms with Crippen molar-refractivity contribution in [1.82, 2.24) is 14.3 Å². The number of aryl methyl sites for hydroxylation is 1. The van der Waals surface area contributed by atoms with E-state index in [1.165, 1.54) is 11.1 Å². The lowest BCUT2D eigenvalue weighted by Crippen LogP contribution is -2.26. The van der Waals surface area contributed by atoms with Gasteiger partial charge in [0, 0.05) is 46.8 Å². The third-order valence-corrected chi connectivity index (χ3v) is 8.89. The molecule has 5 nitrogen and oxygen atoms in total. The molecule has 0 unspecified atom stereocenters. The van der Waals surface area contributed by atoms with E-state index in [2.05, 4.69) is 38.5 Å². The van der Waals surface area contributed by atoms with Crippen LogP contribution in [-0.2, 0) is 6.42 Å². The van der Waals surface area contributed by atoms with Crippen molar-refractivity contribution < 1.29 is 9.13 Å². The molecule has 0 amide bonds. The third kappa shape index (κ3) is 6.28. The van der Waals surface area contributed by atoms with Crippen LogP contribution in [-0.4, -0.2) is 46.7 Å². The Morgan fingerprint density at radius 1 is 1.02 bits per heavy atom. The number of fused-ring (bicyclic) bond motifs is 1. The standard InChI is InChI=1S/C32H30Cl2FN3O2S/c33-23-8-12-27(29(34)18-23)28-4-1-3-21-17-22(31-36-32(39)41-37-31)7-11-26(21)30(28)20-5-9-24(10-6-20)40-25-13-16-38(19-25)15-2-14-35/h5-12,17-18,25H,1-4,13-16,19H2,(H,36,37,39)/t25-/m0/s1. The molecule has 1 N–H and O–H groups in total. The largest absolute Gasteiger partial charge is 0.489 e. The maximum Gasteiger partial charge on any atom is 0.323 e. The number of nitrogens with one attached hydrogen (secondary N) is 1. The quantitative estimate of drug-likeness (QED) is 0.220. The van der Waals surface area contributed by atoms with Crippen molar-refractivity contribution in [2.24, 2.45) is 0 Å². The molecular formula is C32H30Cl2FN3O2S. The van der Waals surface area contributed by atoms with Crippen molar-refractivity contribution in [3.8, 4) is 17.1 Å². The fourth-order valence-corrected chi connectivity index (χ4v) is 6.89. The summed E-state index contributed by atoms with van der Waals surface area (Å²) in [7, 11) is 0. The summed E-state index contributed by atoms with van der Waals surface area (Å²) < 4.78 is 23.2. The van der Waals surface area contributed by atoms with Crippen LogP contribution in [0.25, 0.3) is 22.5 Å². The minimum Gasteiger partial charge on any atom is -0.489 e. The van der Waals surface area contributed by atoms with Gasteiger partial charge in [0.1, 0.15) is 11.9 Å². The summed E-state index contributed by atoms with van der Waals surface area (Å²) in [6.45, 7) is 2.26. The van der Waals surface area contributed by atoms with E-state index < -0.39 is 0 Å². The van der Waals surface area contributed by atoms with Crippen molar-refractivity contribution >= 4 is 45.9 Å². The predicted octanol–water partition coefficient (Wildman–Crippen LogP) is 7.91. The number of nitrogens with zero attached hydrogens (tertiary/aromatic N) is 2. The minimum absolute atomic E-state index is 0.109. The Bertz CT molecular complexity index is 1630. The van der Waals surface area contributed by atoms with Crippen molar-refractivity contribution in [3.05, 3.63) is 103 Å². The fourth-order valence-electron chi connectivity index (χ4n) is 5.89. The maximum atomic E-state index is 12.6. The van der Waals surface area contributed by atoms with Gasteiger partial charge in [-0.3, -0.25) is 19.1 Å². The molecule has 1 aromatic heterocycles. The molecule has 4 aromatic rings. The lowest BCUT2D eigenvalue weighted by Gasteiger charge is -2.19. The molecule has 0 spiro atoms. The predicted molar refractivity (Wildman–Crippen MR) is 166 cm³/mol. The molecule has 9 heteroatoms. The van der Waals surface area contributed by atoms with Crippen LogP contribution in [0.15, 0.2) is 65.5 Å². The Labute approximate surface area is 252 Å². The van der Waals surface area contributed by atoms with Gasteiger partial charge in [-0.05, 0) is 95.8 Å². The molecule has 0 radical (unpaired) electrons. The number of aromatic nitrogens is 2. The van der Waals surface area contributed by atoms with Crippen LogP contribution >= 0.6 is 34.7 Å². The number of hydrogen-bond donors (Lipinski definition) is 1. The summed E-state index contributed by atoms with van der Waals surface area (Å²) in [5.41, 5.74) is 7.59. The number of aromatic amines is 1. The van der Waals surface area contributed by atoms with E-state index >= 15 is 0 Å². The summed E-state index contributed by atoms with van der Waals surface area (Å²) in [5.74, 6) is 1.42. The van der Waals surface area contributed by atoms with Gasteiger partial charge in [-0.15, -0.1) is 0 Å². The zero-order chi connectivity index (χ0) is 28.3. The average molecular weight is 611 g/mol. The van der Waals surface area contributed by atoms with E-state index in [1.807, 2.05) is 30.3 Å².